The maximum atomic E-state index is 13.5. The maximum Gasteiger partial charge on any atom is 0.224 e. The normalized spacial score (nSPS) is 23.5. The van der Waals surface area contributed by atoms with Gasteiger partial charge in [-0.1, -0.05) is 18.2 Å². The third kappa shape index (κ3) is 3.13. The van der Waals surface area contributed by atoms with Crippen molar-refractivity contribution in [2.24, 2.45) is 0 Å². The van der Waals surface area contributed by atoms with Gasteiger partial charge in [-0.25, -0.2) is 4.39 Å². The van der Waals surface area contributed by atoms with E-state index < -0.39 is 0 Å². The number of rotatable bonds is 4. The first-order valence-electron chi connectivity index (χ1n) is 6.99. The molecular formula is C15H19FN2O. The summed E-state index contributed by atoms with van der Waals surface area (Å²) >= 11 is 0. The number of nitrogens with one attached hydrogen (secondary N) is 1. The molecule has 3 nitrogen and oxygen atoms in total. The quantitative estimate of drug-likeness (QED) is 0.896. The molecule has 1 N–H and O–H groups in total. The van der Waals surface area contributed by atoms with E-state index in [0.717, 1.165) is 25.6 Å². The zero-order chi connectivity index (χ0) is 13.2. The van der Waals surface area contributed by atoms with E-state index in [2.05, 4.69) is 10.2 Å². The number of carbonyl (C=O) groups is 1. The van der Waals surface area contributed by atoms with Gasteiger partial charge in [0, 0.05) is 25.2 Å². The Kier molecular flexibility index (Phi) is 3.51. The van der Waals surface area contributed by atoms with Gasteiger partial charge in [-0.2, -0.15) is 0 Å². The Morgan fingerprint density at radius 1 is 1.32 bits per heavy atom. The van der Waals surface area contributed by atoms with Gasteiger partial charge in [-0.15, -0.1) is 0 Å². The number of likely N-dealkylation sites (tertiary alicyclic amines) is 1. The zero-order valence-corrected chi connectivity index (χ0v) is 10.9. The number of amides is 1. The van der Waals surface area contributed by atoms with E-state index in [9.17, 15) is 9.18 Å². The molecule has 1 aliphatic carbocycles. The molecule has 1 aromatic carbocycles. The monoisotopic (exact) mass is 262 g/mol. The summed E-state index contributed by atoms with van der Waals surface area (Å²) in [7, 11) is 0. The molecule has 0 bridgehead atoms. The molecule has 2 fully saturated rings. The zero-order valence-electron chi connectivity index (χ0n) is 10.9. The number of hydrogen-bond acceptors (Lipinski definition) is 2. The van der Waals surface area contributed by atoms with Gasteiger partial charge in [0.05, 0.1) is 6.42 Å². The van der Waals surface area contributed by atoms with Crippen molar-refractivity contribution in [3.63, 3.8) is 0 Å². The van der Waals surface area contributed by atoms with Crippen molar-refractivity contribution in [3.8, 4) is 0 Å². The summed E-state index contributed by atoms with van der Waals surface area (Å²) < 4.78 is 13.5. The number of nitrogens with zero attached hydrogens (tertiary/aromatic N) is 1. The lowest BCUT2D eigenvalue weighted by Crippen LogP contribution is -2.38. The first-order chi connectivity index (χ1) is 9.22. The van der Waals surface area contributed by atoms with E-state index in [1.165, 1.54) is 18.9 Å². The molecule has 1 saturated heterocycles. The molecule has 0 aromatic heterocycles. The molecule has 1 aromatic rings. The molecule has 0 unspecified atom stereocenters. The summed E-state index contributed by atoms with van der Waals surface area (Å²) in [6.07, 6.45) is 3.75. The minimum Gasteiger partial charge on any atom is -0.352 e. The lowest BCUT2D eigenvalue weighted by molar-refractivity contribution is -0.121. The molecule has 0 radical (unpaired) electrons. The standard InChI is InChI=1S/C15H19FN2O/c16-14-4-2-1-3-11(14)9-15(19)17-12-7-8-18(10-12)13-5-6-13/h1-4,12-13H,5-10H2,(H,17,19)/t12-/m1/s1. The summed E-state index contributed by atoms with van der Waals surface area (Å²) in [6.45, 7) is 2.03. The second-order valence-corrected chi connectivity index (χ2v) is 5.55. The Labute approximate surface area is 112 Å². The fraction of sp³-hybridized carbons (Fsp3) is 0.533. The first kappa shape index (κ1) is 12.6. The van der Waals surface area contributed by atoms with Gasteiger partial charge in [0.2, 0.25) is 5.91 Å². The highest BCUT2D eigenvalue weighted by atomic mass is 19.1. The molecule has 102 valence electrons. The van der Waals surface area contributed by atoms with Gasteiger partial charge in [0.25, 0.3) is 0 Å². The van der Waals surface area contributed by atoms with Crippen LogP contribution in [0, 0.1) is 5.82 Å². The fourth-order valence-corrected chi connectivity index (χ4v) is 2.77. The third-order valence-corrected chi connectivity index (χ3v) is 3.96. The Hall–Kier alpha value is -1.42. The minimum absolute atomic E-state index is 0.0762. The molecule has 0 spiro atoms. The highest BCUT2D eigenvalue weighted by Crippen LogP contribution is 2.29. The molecule has 19 heavy (non-hydrogen) atoms. The van der Waals surface area contributed by atoms with E-state index in [-0.39, 0.29) is 24.2 Å². The lowest BCUT2D eigenvalue weighted by Gasteiger charge is -2.15. The Bertz CT molecular complexity index is 473. The van der Waals surface area contributed by atoms with Gasteiger partial charge < -0.3 is 5.32 Å². The van der Waals surface area contributed by atoms with Crippen LogP contribution in [0.15, 0.2) is 24.3 Å². The van der Waals surface area contributed by atoms with Gasteiger partial charge in [-0.3, -0.25) is 9.69 Å². The second-order valence-electron chi connectivity index (χ2n) is 5.55. The Morgan fingerprint density at radius 2 is 2.11 bits per heavy atom. The van der Waals surface area contributed by atoms with Crippen LogP contribution in [0.25, 0.3) is 0 Å². The van der Waals surface area contributed by atoms with Crippen molar-refractivity contribution >= 4 is 5.91 Å². The average Bonchev–Trinajstić information content (AvgIpc) is 3.14. The smallest absolute Gasteiger partial charge is 0.224 e. The summed E-state index contributed by atoms with van der Waals surface area (Å²) in [6, 6.07) is 7.46. The second kappa shape index (κ2) is 5.29. The van der Waals surface area contributed by atoms with Crippen molar-refractivity contribution in [1.29, 1.82) is 0 Å². The molecule has 1 atom stereocenters. The van der Waals surface area contributed by atoms with Crippen LogP contribution >= 0.6 is 0 Å². The molecular weight excluding hydrogens is 243 g/mol. The Balaban J connectivity index is 1.50. The number of benzene rings is 1. The van der Waals surface area contributed by atoms with Crippen LogP contribution in [0.1, 0.15) is 24.8 Å². The molecule has 1 saturated carbocycles. The summed E-state index contributed by atoms with van der Waals surface area (Å²) in [5.74, 6) is -0.378. The van der Waals surface area contributed by atoms with Crippen molar-refractivity contribution in [1.82, 2.24) is 10.2 Å². The van der Waals surface area contributed by atoms with E-state index >= 15 is 0 Å². The van der Waals surface area contributed by atoms with Gasteiger partial charge >= 0.3 is 0 Å². The largest absolute Gasteiger partial charge is 0.352 e. The number of halogens is 1. The highest BCUT2D eigenvalue weighted by Gasteiger charge is 2.34. The van der Waals surface area contributed by atoms with Gasteiger partial charge in [0.1, 0.15) is 5.82 Å². The predicted molar refractivity (Wildman–Crippen MR) is 71.2 cm³/mol. The van der Waals surface area contributed by atoms with E-state index in [1.807, 2.05) is 0 Å². The van der Waals surface area contributed by atoms with Crippen LogP contribution < -0.4 is 5.32 Å². The molecule has 1 amide bonds. The number of carbonyl (C=O) groups excluding carboxylic acids is 1. The Morgan fingerprint density at radius 3 is 2.84 bits per heavy atom. The highest BCUT2D eigenvalue weighted by molar-refractivity contribution is 5.79. The summed E-state index contributed by atoms with van der Waals surface area (Å²) in [5.41, 5.74) is 0.469. The lowest BCUT2D eigenvalue weighted by atomic mass is 10.1. The van der Waals surface area contributed by atoms with E-state index in [1.54, 1.807) is 18.2 Å². The summed E-state index contributed by atoms with van der Waals surface area (Å²) in [5, 5.41) is 3.02. The molecule has 3 rings (SSSR count). The van der Waals surface area contributed by atoms with Gasteiger partial charge in [0.15, 0.2) is 0 Å². The van der Waals surface area contributed by atoms with Crippen molar-refractivity contribution in [3.05, 3.63) is 35.6 Å². The predicted octanol–water partition coefficient (Wildman–Crippen LogP) is 1.72. The van der Waals surface area contributed by atoms with Gasteiger partial charge in [-0.05, 0) is 30.9 Å². The third-order valence-electron chi connectivity index (χ3n) is 3.96. The average molecular weight is 262 g/mol. The molecule has 2 aliphatic rings. The topological polar surface area (TPSA) is 32.3 Å². The minimum atomic E-state index is -0.302. The van der Waals surface area contributed by atoms with Crippen LogP contribution in [-0.2, 0) is 11.2 Å². The van der Waals surface area contributed by atoms with Crippen LogP contribution in [0.5, 0.6) is 0 Å². The van der Waals surface area contributed by atoms with Crippen LogP contribution in [0.4, 0.5) is 4.39 Å². The van der Waals surface area contributed by atoms with Crippen molar-refractivity contribution < 1.29 is 9.18 Å². The fourth-order valence-electron chi connectivity index (χ4n) is 2.77. The van der Waals surface area contributed by atoms with Crippen LogP contribution in [0.3, 0.4) is 0 Å². The van der Waals surface area contributed by atoms with Crippen LogP contribution in [0.2, 0.25) is 0 Å². The van der Waals surface area contributed by atoms with E-state index in [0.29, 0.717) is 5.56 Å². The SMILES string of the molecule is O=C(Cc1ccccc1F)N[C@@H]1CCN(C2CC2)C1. The first-order valence-corrected chi connectivity index (χ1v) is 6.99. The van der Waals surface area contributed by atoms with E-state index in [4.69, 9.17) is 0 Å². The maximum absolute atomic E-state index is 13.5. The van der Waals surface area contributed by atoms with Crippen molar-refractivity contribution in [2.45, 2.75) is 37.8 Å². The van der Waals surface area contributed by atoms with Crippen LogP contribution in [-0.4, -0.2) is 36.0 Å². The van der Waals surface area contributed by atoms with Crippen molar-refractivity contribution in [2.75, 3.05) is 13.1 Å². The molecule has 1 aliphatic heterocycles. The molecule has 4 heteroatoms. The molecule has 1 heterocycles. The number of hydrogen-bond donors (Lipinski definition) is 1. The summed E-state index contributed by atoms with van der Waals surface area (Å²) in [4.78, 5) is 14.4.